The van der Waals surface area contributed by atoms with E-state index in [1.54, 1.807) is 12.1 Å². The average molecular weight is 307 g/mol. The van der Waals surface area contributed by atoms with Gasteiger partial charge >= 0.3 is 5.69 Å². The van der Waals surface area contributed by atoms with Gasteiger partial charge in [-0.1, -0.05) is 28.1 Å². The fraction of sp³-hybridized carbons (Fsp3) is 0. The number of hydrogen-bond donors (Lipinski definition) is 2. The molecule has 1 aromatic heterocycles. The van der Waals surface area contributed by atoms with E-state index in [-0.39, 0.29) is 11.5 Å². The third kappa shape index (κ3) is 1.86. The van der Waals surface area contributed by atoms with Crippen molar-refractivity contribution in [3.8, 4) is 11.1 Å². The lowest BCUT2D eigenvalue weighted by Gasteiger charge is -2.05. The minimum atomic E-state index is -0.272. The first kappa shape index (κ1) is 11.2. The molecule has 0 saturated carbocycles. The van der Waals surface area contributed by atoms with Crippen LogP contribution in [0.25, 0.3) is 22.2 Å². The van der Waals surface area contributed by atoms with Gasteiger partial charge in [0.15, 0.2) is 0 Å². The maximum absolute atomic E-state index is 12.9. The largest absolute Gasteiger partial charge is 0.323 e. The number of nitrogens with one attached hydrogen (secondary N) is 2. The topological polar surface area (TPSA) is 48.6 Å². The Morgan fingerprint density at radius 2 is 1.61 bits per heavy atom. The van der Waals surface area contributed by atoms with Gasteiger partial charge in [-0.2, -0.15) is 0 Å². The van der Waals surface area contributed by atoms with Gasteiger partial charge < -0.3 is 9.97 Å². The third-order valence-corrected chi connectivity index (χ3v) is 3.41. The van der Waals surface area contributed by atoms with Crippen molar-refractivity contribution >= 4 is 27.0 Å². The van der Waals surface area contributed by atoms with Gasteiger partial charge in [0, 0.05) is 4.47 Å². The van der Waals surface area contributed by atoms with Crippen molar-refractivity contribution in [2.24, 2.45) is 0 Å². The van der Waals surface area contributed by atoms with Gasteiger partial charge in [-0.15, -0.1) is 0 Å². The summed E-state index contributed by atoms with van der Waals surface area (Å²) in [5, 5.41) is 0. The second kappa shape index (κ2) is 4.10. The van der Waals surface area contributed by atoms with Crippen molar-refractivity contribution in [2.45, 2.75) is 0 Å². The Morgan fingerprint density at radius 3 is 2.28 bits per heavy atom. The lowest BCUT2D eigenvalue weighted by molar-refractivity contribution is 0.628. The molecule has 0 fully saturated rings. The van der Waals surface area contributed by atoms with Crippen LogP contribution in [-0.2, 0) is 0 Å². The summed E-state index contributed by atoms with van der Waals surface area (Å²) in [6.07, 6.45) is 0. The molecular formula is C13H8BrFN2O. The van der Waals surface area contributed by atoms with Crippen LogP contribution >= 0.6 is 15.9 Å². The molecule has 0 radical (unpaired) electrons. The molecule has 0 aliphatic heterocycles. The van der Waals surface area contributed by atoms with Gasteiger partial charge in [-0.3, -0.25) is 0 Å². The molecule has 5 heteroatoms. The van der Waals surface area contributed by atoms with Gasteiger partial charge in [0.05, 0.1) is 11.0 Å². The summed E-state index contributed by atoms with van der Waals surface area (Å²) in [5.74, 6) is -0.272. The summed E-state index contributed by atoms with van der Waals surface area (Å²) < 4.78 is 13.7. The van der Waals surface area contributed by atoms with Crippen molar-refractivity contribution < 1.29 is 4.39 Å². The fourth-order valence-electron chi connectivity index (χ4n) is 1.91. The number of fused-ring (bicyclic) bond motifs is 1. The zero-order chi connectivity index (χ0) is 12.7. The Morgan fingerprint density at radius 1 is 1.00 bits per heavy atom. The highest BCUT2D eigenvalue weighted by Gasteiger charge is 2.07. The summed E-state index contributed by atoms with van der Waals surface area (Å²) in [6.45, 7) is 0. The molecule has 18 heavy (non-hydrogen) atoms. The lowest BCUT2D eigenvalue weighted by atomic mass is 10.1. The van der Waals surface area contributed by atoms with Crippen molar-refractivity contribution in [3.05, 3.63) is 57.2 Å². The average Bonchev–Trinajstić information content (AvgIpc) is 2.68. The van der Waals surface area contributed by atoms with Crippen LogP contribution in [0.3, 0.4) is 0 Å². The van der Waals surface area contributed by atoms with Crippen LogP contribution in [0.2, 0.25) is 0 Å². The second-order valence-electron chi connectivity index (χ2n) is 3.96. The molecule has 0 unspecified atom stereocenters. The maximum atomic E-state index is 12.9. The molecule has 90 valence electrons. The fourth-order valence-corrected chi connectivity index (χ4v) is 2.48. The van der Waals surface area contributed by atoms with E-state index < -0.39 is 0 Å². The number of rotatable bonds is 1. The van der Waals surface area contributed by atoms with E-state index >= 15 is 0 Å². The Balaban J connectivity index is 2.24. The minimum absolute atomic E-state index is 0.242. The van der Waals surface area contributed by atoms with Crippen molar-refractivity contribution in [3.63, 3.8) is 0 Å². The Kier molecular flexibility index (Phi) is 2.56. The maximum Gasteiger partial charge on any atom is 0.323 e. The summed E-state index contributed by atoms with van der Waals surface area (Å²) in [7, 11) is 0. The van der Waals surface area contributed by atoms with Crippen molar-refractivity contribution in [2.75, 3.05) is 0 Å². The van der Waals surface area contributed by atoms with E-state index in [9.17, 15) is 9.18 Å². The molecule has 2 aromatic carbocycles. The molecule has 0 aliphatic carbocycles. The van der Waals surface area contributed by atoms with Gasteiger partial charge in [-0.05, 0) is 35.4 Å². The van der Waals surface area contributed by atoms with Crippen LogP contribution in [0, 0.1) is 5.82 Å². The number of aromatic amines is 2. The van der Waals surface area contributed by atoms with Crippen LogP contribution in [0.15, 0.2) is 45.7 Å². The highest BCUT2D eigenvalue weighted by atomic mass is 79.9. The predicted octanol–water partition coefficient (Wildman–Crippen LogP) is 3.42. The molecule has 3 nitrogen and oxygen atoms in total. The zero-order valence-electron chi connectivity index (χ0n) is 9.13. The Bertz CT molecular complexity index is 774. The molecule has 3 rings (SSSR count). The first-order valence-electron chi connectivity index (χ1n) is 5.31. The number of H-pyrrole nitrogens is 2. The zero-order valence-corrected chi connectivity index (χ0v) is 10.7. The second-order valence-corrected chi connectivity index (χ2v) is 4.82. The summed E-state index contributed by atoms with van der Waals surface area (Å²) in [4.78, 5) is 16.6. The molecule has 1 heterocycles. The first-order chi connectivity index (χ1) is 8.63. The van der Waals surface area contributed by atoms with Gasteiger partial charge in [0.1, 0.15) is 5.82 Å². The number of halogens is 2. The normalized spacial score (nSPS) is 11.0. The lowest BCUT2D eigenvalue weighted by Crippen LogP contribution is -1.99. The third-order valence-electron chi connectivity index (χ3n) is 2.76. The van der Waals surface area contributed by atoms with Crippen LogP contribution in [-0.4, -0.2) is 9.97 Å². The van der Waals surface area contributed by atoms with E-state index in [1.807, 2.05) is 12.1 Å². The van der Waals surface area contributed by atoms with E-state index in [0.717, 1.165) is 26.6 Å². The molecule has 0 amide bonds. The summed E-state index contributed by atoms with van der Waals surface area (Å²) in [5.41, 5.74) is 3.00. The van der Waals surface area contributed by atoms with Crippen molar-refractivity contribution in [1.29, 1.82) is 0 Å². The first-order valence-corrected chi connectivity index (χ1v) is 6.10. The number of aromatic nitrogens is 2. The minimum Gasteiger partial charge on any atom is -0.306 e. The smallest absolute Gasteiger partial charge is 0.306 e. The summed E-state index contributed by atoms with van der Waals surface area (Å²) >= 11 is 3.45. The number of benzene rings is 2. The van der Waals surface area contributed by atoms with Crippen molar-refractivity contribution in [1.82, 2.24) is 9.97 Å². The predicted molar refractivity (Wildman–Crippen MR) is 72.0 cm³/mol. The van der Waals surface area contributed by atoms with E-state index in [1.165, 1.54) is 12.1 Å². The van der Waals surface area contributed by atoms with Crippen LogP contribution in [0.4, 0.5) is 4.39 Å². The van der Waals surface area contributed by atoms with E-state index in [0.29, 0.717) is 0 Å². The van der Waals surface area contributed by atoms with E-state index in [2.05, 4.69) is 25.9 Å². The molecule has 0 spiro atoms. The number of imidazole rings is 1. The van der Waals surface area contributed by atoms with Crippen LogP contribution in [0.1, 0.15) is 0 Å². The van der Waals surface area contributed by atoms with Gasteiger partial charge in [-0.25, -0.2) is 9.18 Å². The Hall–Kier alpha value is -1.88. The monoisotopic (exact) mass is 306 g/mol. The Labute approximate surface area is 110 Å². The molecule has 3 aromatic rings. The molecule has 0 bridgehead atoms. The highest BCUT2D eigenvalue weighted by molar-refractivity contribution is 9.10. The molecule has 2 N–H and O–H groups in total. The molecule has 0 aliphatic rings. The standard InChI is InChI=1S/C13H8BrFN2O/c14-10-6-12-11(16-13(18)17-12)5-9(10)7-1-3-8(15)4-2-7/h1-6H,(H2,16,17,18). The molecule has 0 atom stereocenters. The highest BCUT2D eigenvalue weighted by Crippen LogP contribution is 2.31. The van der Waals surface area contributed by atoms with Crippen LogP contribution < -0.4 is 5.69 Å². The van der Waals surface area contributed by atoms with E-state index in [4.69, 9.17) is 0 Å². The van der Waals surface area contributed by atoms with Gasteiger partial charge in [0.2, 0.25) is 0 Å². The molecule has 0 saturated heterocycles. The SMILES string of the molecule is O=c1[nH]c2cc(Br)c(-c3ccc(F)cc3)cc2[nH]1. The van der Waals surface area contributed by atoms with Crippen LogP contribution in [0.5, 0.6) is 0 Å². The summed E-state index contributed by atoms with van der Waals surface area (Å²) in [6, 6.07) is 9.90. The molecular weight excluding hydrogens is 299 g/mol. The number of hydrogen-bond acceptors (Lipinski definition) is 1. The van der Waals surface area contributed by atoms with Gasteiger partial charge in [0.25, 0.3) is 0 Å². The quantitative estimate of drug-likeness (QED) is 0.711.